The highest BCUT2D eigenvalue weighted by Gasteiger charge is 2.50. The zero-order valence-corrected chi connectivity index (χ0v) is 66.7. The number of benzene rings is 2. The van der Waals surface area contributed by atoms with Gasteiger partial charge in [0.2, 0.25) is 23.6 Å². The molecule has 0 radical (unpaired) electrons. The number of nitriles is 2. The fraction of sp³-hybridized carbons (Fsp3) is 0.644. The lowest BCUT2D eigenvalue weighted by molar-refractivity contribution is -0.284. The maximum atomic E-state index is 14.1. The van der Waals surface area contributed by atoms with Gasteiger partial charge in [0.25, 0.3) is 0 Å². The lowest BCUT2D eigenvalue weighted by Crippen LogP contribution is -2.55. The normalized spacial score (nSPS) is 20.9. The predicted octanol–water partition coefficient (Wildman–Crippen LogP) is 5.24. The molecule has 2 aromatic rings. The summed E-state index contributed by atoms with van der Waals surface area (Å²) in [5, 5.41) is 113. The molecule has 620 valence electrons. The van der Waals surface area contributed by atoms with Gasteiger partial charge in [-0.05, 0) is 82.5 Å². The number of thiocarbonyl (C=S) groups is 2. The Hall–Kier alpha value is -7.34. The first kappa shape index (κ1) is 104. The van der Waals surface area contributed by atoms with E-state index in [0.29, 0.717) is 51.2 Å². The number of nitrogens with zero attached hydrogens (tertiary/aromatic N) is 8. The second-order valence-corrected chi connectivity index (χ2v) is 30.5. The van der Waals surface area contributed by atoms with E-state index in [1.54, 1.807) is 67.5 Å². The van der Waals surface area contributed by atoms with Crippen molar-refractivity contribution in [3.63, 3.8) is 0 Å². The van der Waals surface area contributed by atoms with Crippen molar-refractivity contribution in [2.45, 2.75) is 160 Å². The molecule has 2 aliphatic heterocycles. The summed E-state index contributed by atoms with van der Waals surface area (Å²) in [4.78, 5) is 79.0. The molecule has 0 bridgehead atoms. The second kappa shape index (κ2) is 56.8. The smallest absolute Gasteiger partial charge is 0.305 e. The van der Waals surface area contributed by atoms with Gasteiger partial charge in [-0.2, -0.15) is 10.5 Å². The Morgan fingerprint density at radius 2 is 0.982 bits per heavy atom. The molecule has 12 N–H and O–H groups in total. The Morgan fingerprint density at radius 1 is 0.577 bits per heavy atom. The highest BCUT2D eigenvalue weighted by Crippen LogP contribution is 2.47. The van der Waals surface area contributed by atoms with Crippen molar-refractivity contribution in [1.29, 1.82) is 10.5 Å². The van der Waals surface area contributed by atoms with Crippen LogP contribution in [-0.4, -0.2) is 262 Å². The van der Waals surface area contributed by atoms with E-state index in [1.807, 2.05) is 48.5 Å². The van der Waals surface area contributed by atoms with Crippen LogP contribution in [0.15, 0.2) is 95.2 Å². The van der Waals surface area contributed by atoms with Crippen molar-refractivity contribution in [3.05, 3.63) is 117 Å². The molecule has 2 heterocycles. The zero-order valence-electron chi connectivity index (χ0n) is 63.4. The van der Waals surface area contributed by atoms with E-state index < -0.39 is 118 Å². The SMILES string of the molecule is C.C=C(C)C(=O)NCCO.C=C(C)C(=O)NCCOCCO[C@H]1O[C@@H](CO)[C@@H](O)[C@@H](O)[C@@H]1C.CC(C#N)(CCC(=O)OCCN=[N+]=[N-])SC(=S)c1ccccc1.C[C@@H]1[C@@H](OCCOCCNC(=O)C(C)(CC(C)(CC(C)(C#N)CCC(=O)OCCN=[N+]=[N-])C(=O)NCCO)SC(=S)c2ccccc2)O[C@@H](CO)[C@@H](O)[C@H]1O. The molecule has 4 amide bonds. The molecule has 0 aromatic heterocycles. The van der Waals surface area contributed by atoms with Gasteiger partial charge in [-0.3, -0.25) is 28.8 Å². The largest absolute Gasteiger partial charge is 0.466 e. The fourth-order valence-corrected chi connectivity index (χ4v) is 13.8. The molecular formula is C73H112N12O22S4. The molecule has 2 aromatic carbocycles. The number of thioether (sulfide) groups is 2. The topological polar surface area (TPSA) is 531 Å². The first-order chi connectivity index (χ1) is 52.1. The summed E-state index contributed by atoms with van der Waals surface area (Å²) >= 11 is 13.5. The van der Waals surface area contributed by atoms with Crippen LogP contribution in [0.1, 0.15) is 112 Å². The maximum Gasteiger partial charge on any atom is 0.305 e. The van der Waals surface area contributed by atoms with Crippen LogP contribution in [0.3, 0.4) is 0 Å². The predicted molar refractivity (Wildman–Crippen MR) is 423 cm³/mol. The van der Waals surface area contributed by atoms with E-state index in [4.69, 9.17) is 83.6 Å². The number of azide groups is 2. The molecule has 0 spiro atoms. The van der Waals surface area contributed by atoms with Gasteiger partial charge in [0, 0.05) is 77.2 Å². The third kappa shape index (κ3) is 40.3. The molecule has 14 atom stereocenters. The van der Waals surface area contributed by atoms with Gasteiger partial charge in [-0.25, -0.2) is 0 Å². The Labute approximate surface area is 668 Å². The standard InChI is InChI=1S/C36H54N6O11S2.C15H16N4O2S2.C15H27NO7.C6H11NO2.CH4/c1-24-28(46)29(47)26(20-44)53-30(24)52-19-18-50-16-13-40-33(49)36(4,55-31(54)25-8-6-5-7-9-25)22-35(3,32(48)39-12-15-43)21-34(2,23-37)11-10-27(45)51-17-14-41-42-38;1-15(11-16,8-7-13(20)21-10-9-18-19-17)23-14(22)12-5-3-2-4-6-12;1-9(2)14(20)16-4-5-21-6-7-22-15-10(3)12(18)13(19)11(8-17)23-15;1-5(2)6(9)7-3-4-8;/h5-9,24,26,28-30,43-44,46-47H,10-22H2,1-4H3,(H,39,48)(H,40,49);2-6H,7-10H2,1H3;10-13,15,17-19H,1,4-8H2,2-3H3,(H,16,20);8H,1,3-4H2,2H3,(H,7,9);1H4/t24-,26-,28-,29+,30-,34?,35?,36?;;10-,11-,12-,13+,15-;;/m0.0../s1. The maximum absolute atomic E-state index is 14.1. The van der Waals surface area contributed by atoms with Crippen LogP contribution in [0.5, 0.6) is 0 Å². The number of ether oxygens (including phenoxy) is 8. The van der Waals surface area contributed by atoms with Crippen LogP contribution < -0.4 is 21.3 Å². The Morgan fingerprint density at radius 3 is 1.39 bits per heavy atom. The number of nitrogens with one attached hydrogen (secondary N) is 4. The van der Waals surface area contributed by atoms with E-state index >= 15 is 0 Å². The van der Waals surface area contributed by atoms with E-state index in [9.17, 15) is 69.9 Å². The molecule has 0 aliphatic carbocycles. The molecule has 111 heavy (non-hydrogen) atoms. The van der Waals surface area contributed by atoms with Crippen molar-refractivity contribution < 1.29 is 108 Å². The molecule has 2 fully saturated rings. The molecule has 38 heteroatoms. The molecular weight excluding hydrogens is 1530 g/mol. The summed E-state index contributed by atoms with van der Waals surface area (Å²) in [5.74, 6) is -3.39. The third-order valence-electron chi connectivity index (χ3n) is 16.4. The first-order valence-corrected chi connectivity index (χ1v) is 37.6. The third-order valence-corrected chi connectivity index (χ3v) is 19.8. The van der Waals surface area contributed by atoms with Gasteiger partial charge < -0.3 is 100 Å². The van der Waals surface area contributed by atoms with Crippen LogP contribution in [0.4, 0.5) is 0 Å². The summed E-state index contributed by atoms with van der Waals surface area (Å²) in [6.07, 6.45) is -7.86. The summed E-state index contributed by atoms with van der Waals surface area (Å²) in [6, 6.07) is 23.0. The van der Waals surface area contributed by atoms with Crippen molar-refractivity contribution in [3.8, 4) is 12.1 Å². The summed E-state index contributed by atoms with van der Waals surface area (Å²) in [5.41, 5.74) is 16.4. The summed E-state index contributed by atoms with van der Waals surface area (Å²) < 4.78 is 41.9. The molecule has 34 nitrogen and oxygen atoms in total. The molecule has 2 saturated heterocycles. The number of hydrogen-bond donors (Lipinski definition) is 12. The molecule has 0 saturated carbocycles. The van der Waals surface area contributed by atoms with Gasteiger partial charge in [0.05, 0.1) is 135 Å². The number of aliphatic hydroxyl groups is 8. The number of carbonyl (C=O) groups is 6. The first-order valence-electron chi connectivity index (χ1n) is 35.2. The van der Waals surface area contributed by atoms with Gasteiger partial charge in [-0.15, -0.1) is 0 Å². The van der Waals surface area contributed by atoms with Crippen molar-refractivity contribution in [2.24, 2.45) is 32.9 Å². The van der Waals surface area contributed by atoms with Crippen molar-refractivity contribution in [2.75, 3.05) is 119 Å². The van der Waals surface area contributed by atoms with E-state index in [0.717, 1.165) is 17.3 Å². The lowest BCUT2D eigenvalue weighted by Gasteiger charge is -2.40. The Balaban J connectivity index is 0.00000176. The zero-order chi connectivity index (χ0) is 82.9. The van der Waals surface area contributed by atoms with Gasteiger partial charge in [-0.1, -0.05) is 160 Å². The van der Waals surface area contributed by atoms with Crippen molar-refractivity contribution >= 4 is 91.9 Å². The Kier molecular flexibility index (Phi) is 53.1. The molecule has 4 unspecified atom stereocenters. The van der Waals surface area contributed by atoms with Crippen LogP contribution in [0.25, 0.3) is 20.9 Å². The van der Waals surface area contributed by atoms with Crippen LogP contribution in [0, 0.1) is 45.3 Å². The summed E-state index contributed by atoms with van der Waals surface area (Å²) in [7, 11) is 0. The highest BCUT2D eigenvalue weighted by atomic mass is 32.2. The minimum atomic E-state index is -1.39. The van der Waals surface area contributed by atoms with Gasteiger partial charge in [0.1, 0.15) is 29.2 Å². The average molecular weight is 1640 g/mol. The van der Waals surface area contributed by atoms with Gasteiger partial charge in [0.15, 0.2) is 12.6 Å². The fourth-order valence-electron chi connectivity index (χ4n) is 10.3. The Bertz CT molecular complexity index is 3390. The number of carbonyl (C=O) groups excluding carboxylic acids is 6. The van der Waals surface area contributed by atoms with E-state index in [-0.39, 0.29) is 137 Å². The van der Waals surface area contributed by atoms with Gasteiger partial charge >= 0.3 is 11.9 Å². The monoisotopic (exact) mass is 1640 g/mol. The minimum absolute atomic E-state index is 0. The number of amides is 4. The van der Waals surface area contributed by atoms with E-state index in [2.05, 4.69) is 66.6 Å². The highest BCUT2D eigenvalue weighted by molar-refractivity contribution is 8.25. The number of esters is 2. The number of aliphatic hydroxyl groups excluding tert-OH is 8. The quantitative estimate of drug-likeness (QED) is 0.00767. The summed E-state index contributed by atoms with van der Waals surface area (Å²) in [6.45, 7) is 20.7. The molecule has 2 aliphatic rings. The lowest BCUT2D eigenvalue weighted by atomic mass is 9.67. The van der Waals surface area contributed by atoms with Crippen LogP contribution >= 0.6 is 48.0 Å². The second-order valence-electron chi connectivity index (χ2n) is 26.2. The van der Waals surface area contributed by atoms with Crippen molar-refractivity contribution in [1.82, 2.24) is 21.3 Å². The number of hydrogen-bond acceptors (Lipinski definition) is 30. The average Bonchev–Trinajstić information content (AvgIpc) is 0.782. The minimum Gasteiger partial charge on any atom is -0.466 e. The number of rotatable bonds is 44. The van der Waals surface area contributed by atoms with Crippen LogP contribution in [-0.2, 0) is 66.7 Å². The van der Waals surface area contributed by atoms with Crippen LogP contribution in [0.2, 0.25) is 0 Å². The van der Waals surface area contributed by atoms with E-state index in [1.165, 1.54) is 11.8 Å². The molecule has 4 rings (SSSR count).